The molecule has 0 aliphatic carbocycles. The van der Waals surface area contributed by atoms with E-state index in [1.54, 1.807) is 18.5 Å². The van der Waals surface area contributed by atoms with Crippen molar-refractivity contribution in [3.63, 3.8) is 0 Å². The van der Waals surface area contributed by atoms with Gasteiger partial charge >= 0.3 is 0 Å². The van der Waals surface area contributed by atoms with Gasteiger partial charge in [-0.1, -0.05) is 84.4 Å². The van der Waals surface area contributed by atoms with Crippen molar-refractivity contribution in [2.45, 2.75) is 12.0 Å². The molecule has 5 heteroatoms. The number of carbonyl (C=O) groups excluding carboxylic acids is 1. The lowest BCUT2D eigenvalue weighted by molar-refractivity contribution is 0.0950. The summed E-state index contributed by atoms with van der Waals surface area (Å²) in [5, 5.41) is 4.02. The molecule has 1 aromatic heterocycles. The van der Waals surface area contributed by atoms with Crippen molar-refractivity contribution in [3.8, 4) is 0 Å². The molecule has 0 spiro atoms. The zero-order chi connectivity index (χ0) is 20.8. The Bertz CT molecular complexity index is 1090. The van der Waals surface area contributed by atoms with Crippen LogP contribution in [0.15, 0.2) is 103 Å². The van der Waals surface area contributed by atoms with Crippen molar-refractivity contribution in [2.24, 2.45) is 0 Å². The molecule has 0 saturated heterocycles. The second kappa shape index (κ2) is 9.33. The average molecular weight is 414 g/mol. The standard InChI is InChI=1S/C25H20ClN3O/c26-21-14-12-19(13-15-21)23(29-25-27-16-7-17-28-25)22(18-8-3-1-4-9-18)24(30)20-10-5-2-6-11-20/h1-17,22-23H,(H,27,28,29)/t22-,23-/m0/s1. The lowest BCUT2D eigenvalue weighted by atomic mass is 9.81. The average Bonchev–Trinajstić information content (AvgIpc) is 2.81. The van der Waals surface area contributed by atoms with Crippen LogP contribution in [0.25, 0.3) is 0 Å². The lowest BCUT2D eigenvalue weighted by Crippen LogP contribution is -2.27. The van der Waals surface area contributed by atoms with E-state index in [1.807, 2.05) is 84.9 Å². The maximum Gasteiger partial charge on any atom is 0.223 e. The molecule has 3 aromatic carbocycles. The van der Waals surface area contributed by atoms with Gasteiger partial charge in [-0.3, -0.25) is 4.79 Å². The molecule has 4 rings (SSSR count). The number of nitrogens with one attached hydrogen (secondary N) is 1. The van der Waals surface area contributed by atoms with Gasteiger partial charge in [0.1, 0.15) is 0 Å². The van der Waals surface area contributed by atoms with E-state index in [9.17, 15) is 4.79 Å². The van der Waals surface area contributed by atoms with E-state index in [0.717, 1.165) is 11.1 Å². The number of aromatic nitrogens is 2. The molecule has 0 amide bonds. The van der Waals surface area contributed by atoms with Gasteiger partial charge in [0, 0.05) is 23.0 Å². The summed E-state index contributed by atoms with van der Waals surface area (Å²) in [6.45, 7) is 0. The first-order chi connectivity index (χ1) is 14.7. The highest BCUT2D eigenvalue weighted by Gasteiger charge is 2.32. The van der Waals surface area contributed by atoms with Gasteiger partial charge in [-0.25, -0.2) is 9.97 Å². The maximum atomic E-state index is 13.7. The zero-order valence-electron chi connectivity index (χ0n) is 16.2. The first kappa shape index (κ1) is 19.8. The van der Waals surface area contributed by atoms with Crippen LogP contribution in [0.3, 0.4) is 0 Å². The number of hydrogen-bond acceptors (Lipinski definition) is 4. The Morgan fingerprint density at radius 1 is 0.733 bits per heavy atom. The SMILES string of the molecule is O=C(c1ccccc1)[C@@H](c1ccccc1)[C@@H](Nc1ncccn1)c1ccc(Cl)cc1. The Morgan fingerprint density at radius 3 is 1.97 bits per heavy atom. The number of rotatable bonds is 7. The summed E-state index contributed by atoms with van der Waals surface area (Å²) in [6, 6.07) is 28.0. The van der Waals surface area contributed by atoms with Crippen LogP contribution >= 0.6 is 11.6 Å². The molecule has 1 heterocycles. The maximum absolute atomic E-state index is 13.7. The summed E-state index contributed by atoms with van der Waals surface area (Å²) < 4.78 is 0. The number of Topliss-reactive ketones (excluding diaryl/α,β-unsaturated/α-hetero) is 1. The minimum absolute atomic E-state index is 0.0187. The predicted octanol–water partition coefficient (Wildman–Crippen LogP) is 5.95. The van der Waals surface area contributed by atoms with Crippen LogP contribution in [-0.2, 0) is 0 Å². The fourth-order valence-corrected chi connectivity index (χ4v) is 3.61. The number of halogens is 1. The van der Waals surface area contributed by atoms with Crippen LogP contribution in [0.4, 0.5) is 5.95 Å². The largest absolute Gasteiger partial charge is 0.346 e. The number of hydrogen-bond donors (Lipinski definition) is 1. The zero-order valence-corrected chi connectivity index (χ0v) is 16.9. The molecule has 0 saturated carbocycles. The van der Waals surface area contributed by atoms with Gasteiger partial charge in [0.15, 0.2) is 5.78 Å². The molecule has 4 aromatic rings. The lowest BCUT2D eigenvalue weighted by Gasteiger charge is -2.28. The highest BCUT2D eigenvalue weighted by atomic mass is 35.5. The minimum Gasteiger partial charge on any atom is -0.346 e. The first-order valence-corrected chi connectivity index (χ1v) is 10.0. The van der Waals surface area contributed by atoms with Gasteiger partial charge < -0.3 is 5.32 Å². The second-order valence-electron chi connectivity index (χ2n) is 6.86. The van der Waals surface area contributed by atoms with Crippen molar-refractivity contribution in [1.29, 1.82) is 0 Å². The fraction of sp³-hybridized carbons (Fsp3) is 0.0800. The predicted molar refractivity (Wildman–Crippen MR) is 120 cm³/mol. The third-order valence-electron chi connectivity index (χ3n) is 4.91. The Labute approximate surface area is 180 Å². The molecule has 148 valence electrons. The summed E-state index contributed by atoms with van der Waals surface area (Å²) in [4.78, 5) is 22.3. The molecule has 30 heavy (non-hydrogen) atoms. The van der Waals surface area contributed by atoms with Gasteiger partial charge in [-0.15, -0.1) is 0 Å². The summed E-state index contributed by atoms with van der Waals surface area (Å²) >= 11 is 6.12. The molecule has 0 aliphatic heterocycles. The molecule has 0 radical (unpaired) electrons. The van der Waals surface area contributed by atoms with Crippen molar-refractivity contribution in [3.05, 3.63) is 125 Å². The first-order valence-electron chi connectivity index (χ1n) is 9.65. The van der Waals surface area contributed by atoms with E-state index in [2.05, 4.69) is 15.3 Å². The van der Waals surface area contributed by atoms with E-state index >= 15 is 0 Å². The van der Waals surface area contributed by atoms with Crippen molar-refractivity contribution in [1.82, 2.24) is 9.97 Å². The second-order valence-corrected chi connectivity index (χ2v) is 7.30. The third-order valence-corrected chi connectivity index (χ3v) is 5.16. The molecule has 0 aliphatic rings. The summed E-state index contributed by atoms with van der Waals surface area (Å²) in [5.74, 6) is -0.0111. The molecule has 4 nitrogen and oxygen atoms in total. The Morgan fingerprint density at radius 2 is 1.33 bits per heavy atom. The van der Waals surface area contributed by atoms with Crippen LogP contribution in [0, 0.1) is 0 Å². The summed E-state index contributed by atoms with van der Waals surface area (Å²) in [7, 11) is 0. The van der Waals surface area contributed by atoms with Crippen LogP contribution in [0.5, 0.6) is 0 Å². The topological polar surface area (TPSA) is 54.9 Å². The number of benzene rings is 3. The molecule has 2 atom stereocenters. The third kappa shape index (κ3) is 4.56. The van der Waals surface area contributed by atoms with Crippen molar-refractivity contribution in [2.75, 3.05) is 5.32 Å². The van der Waals surface area contributed by atoms with Crippen LogP contribution in [0.2, 0.25) is 5.02 Å². The molecule has 0 bridgehead atoms. The quantitative estimate of drug-likeness (QED) is 0.380. The number of ketones is 1. The highest BCUT2D eigenvalue weighted by Crippen LogP contribution is 2.36. The molecule has 0 unspecified atom stereocenters. The Hall–Kier alpha value is -3.50. The van der Waals surface area contributed by atoms with E-state index in [4.69, 9.17) is 11.6 Å². The number of nitrogens with zero attached hydrogens (tertiary/aromatic N) is 2. The van der Waals surface area contributed by atoms with Gasteiger partial charge in [0.2, 0.25) is 5.95 Å². The minimum atomic E-state index is -0.487. The summed E-state index contributed by atoms with van der Waals surface area (Å²) in [5.41, 5.74) is 2.49. The van der Waals surface area contributed by atoms with Gasteiger partial charge in [0.05, 0.1) is 12.0 Å². The van der Waals surface area contributed by atoms with Gasteiger partial charge in [-0.2, -0.15) is 0 Å². The van der Waals surface area contributed by atoms with E-state index in [-0.39, 0.29) is 11.8 Å². The molecular weight excluding hydrogens is 394 g/mol. The van der Waals surface area contributed by atoms with E-state index in [1.165, 1.54) is 0 Å². The Kier molecular flexibility index (Phi) is 6.16. The van der Waals surface area contributed by atoms with Crippen molar-refractivity contribution >= 4 is 23.3 Å². The van der Waals surface area contributed by atoms with E-state index < -0.39 is 5.92 Å². The number of carbonyl (C=O) groups is 1. The van der Waals surface area contributed by atoms with Crippen LogP contribution in [-0.4, -0.2) is 15.8 Å². The smallest absolute Gasteiger partial charge is 0.223 e. The highest BCUT2D eigenvalue weighted by molar-refractivity contribution is 6.30. The molecule has 0 fully saturated rings. The fourth-order valence-electron chi connectivity index (χ4n) is 3.48. The van der Waals surface area contributed by atoms with Gasteiger partial charge in [0.25, 0.3) is 0 Å². The van der Waals surface area contributed by atoms with E-state index in [0.29, 0.717) is 16.5 Å². The van der Waals surface area contributed by atoms with Crippen molar-refractivity contribution < 1.29 is 4.79 Å². The molecule has 1 N–H and O–H groups in total. The number of anilines is 1. The van der Waals surface area contributed by atoms with Crippen LogP contribution in [0.1, 0.15) is 33.4 Å². The monoisotopic (exact) mass is 413 g/mol. The van der Waals surface area contributed by atoms with Gasteiger partial charge in [-0.05, 0) is 29.3 Å². The summed E-state index contributed by atoms with van der Waals surface area (Å²) in [6.07, 6.45) is 3.34. The van der Waals surface area contributed by atoms with Crippen LogP contribution < -0.4 is 5.32 Å². The Balaban J connectivity index is 1.83. The normalized spacial score (nSPS) is 12.7. The molecular formula is C25H20ClN3O.